The van der Waals surface area contributed by atoms with Gasteiger partial charge in [0, 0.05) is 6.04 Å². The van der Waals surface area contributed by atoms with Gasteiger partial charge in [0.15, 0.2) is 0 Å². The molecule has 1 aliphatic heterocycles. The first-order chi connectivity index (χ1) is 6.15. The first kappa shape index (κ1) is 17.4. The number of carbonyl (C=O) groups excluding carboxylic acids is 1. The van der Waals surface area contributed by atoms with Crippen molar-refractivity contribution in [1.82, 2.24) is 10.2 Å². The molecule has 1 fully saturated rings. The number of nitrogens with zero attached hydrogens (tertiary/aromatic N) is 1. The van der Waals surface area contributed by atoms with Crippen molar-refractivity contribution in [2.24, 2.45) is 0 Å². The van der Waals surface area contributed by atoms with Crippen molar-refractivity contribution in [2.75, 3.05) is 27.7 Å². The largest absolute Gasteiger partial charge is 0.468 e. The van der Waals surface area contributed by atoms with E-state index in [0.29, 0.717) is 6.04 Å². The number of ether oxygens (including phenoxy) is 1. The van der Waals surface area contributed by atoms with Crippen LogP contribution in [0.3, 0.4) is 0 Å². The van der Waals surface area contributed by atoms with Gasteiger partial charge in [0.25, 0.3) is 0 Å². The number of rotatable bonds is 2. The highest BCUT2D eigenvalue weighted by Gasteiger charge is 2.28. The van der Waals surface area contributed by atoms with E-state index in [1.807, 2.05) is 14.1 Å². The predicted octanol–water partition coefficient (Wildman–Crippen LogP) is 0.685. The molecule has 1 rings (SSSR count). The summed E-state index contributed by atoms with van der Waals surface area (Å²) < 4.78 is 4.70. The van der Waals surface area contributed by atoms with Gasteiger partial charge in [-0.2, -0.15) is 0 Å². The molecular formula is C9H20Cl2N2O2. The first-order valence-corrected chi connectivity index (χ1v) is 4.62. The summed E-state index contributed by atoms with van der Waals surface area (Å²) in [6, 6.07) is 0.372. The Labute approximate surface area is 104 Å². The zero-order valence-electron chi connectivity index (χ0n) is 9.36. The van der Waals surface area contributed by atoms with E-state index in [4.69, 9.17) is 4.74 Å². The van der Waals surface area contributed by atoms with E-state index in [0.717, 1.165) is 19.4 Å². The lowest BCUT2D eigenvalue weighted by molar-refractivity contribution is -0.144. The van der Waals surface area contributed by atoms with Gasteiger partial charge in [-0.05, 0) is 33.5 Å². The fourth-order valence-corrected chi connectivity index (χ4v) is 1.69. The summed E-state index contributed by atoms with van der Waals surface area (Å²) in [5.74, 6) is -0.147. The molecule has 0 bridgehead atoms. The Morgan fingerprint density at radius 3 is 2.47 bits per heavy atom. The Kier molecular flexibility index (Phi) is 9.45. The summed E-state index contributed by atoms with van der Waals surface area (Å²) >= 11 is 0. The van der Waals surface area contributed by atoms with Gasteiger partial charge in [-0.25, -0.2) is 0 Å². The maximum Gasteiger partial charge on any atom is 0.322 e. The number of esters is 1. The molecule has 0 radical (unpaired) electrons. The molecule has 6 heteroatoms. The number of piperidine rings is 1. The second kappa shape index (κ2) is 8.16. The highest BCUT2D eigenvalue weighted by atomic mass is 35.5. The Bertz CT molecular complexity index is 191. The topological polar surface area (TPSA) is 41.6 Å². The fourth-order valence-electron chi connectivity index (χ4n) is 1.69. The van der Waals surface area contributed by atoms with Crippen molar-refractivity contribution in [2.45, 2.75) is 24.9 Å². The number of methoxy groups -OCH3 is 1. The Morgan fingerprint density at radius 2 is 2.00 bits per heavy atom. The third-order valence-electron chi connectivity index (χ3n) is 2.59. The highest BCUT2D eigenvalue weighted by Crippen LogP contribution is 2.13. The van der Waals surface area contributed by atoms with Gasteiger partial charge >= 0.3 is 5.97 Å². The maximum atomic E-state index is 11.2. The van der Waals surface area contributed by atoms with Crippen molar-refractivity contribution in [1.29, 1.82) is 0 Å². The van der Waals surface area contributed by atoms with Crippen LogP contribution >= 0.6 is 24.8 Å². The first-order valence-electron chi connectivity index (χ1n) is 4.62. The van der Waals surface area contributed by atoms with Crippen molar-refractivity contribution >= 4 is 30.8 Å². The average Bonchev–Trinajstić information content (AvgIpc) is 2.17. The van der Waals surface area contributed by atoms with Crippen LogP contribution < -0.4 is 5.32 Å². The van der Waals surface area contributed by atoms with Crippen molar-refractivity contribution in [3.63, 3.8) is 0 Å². The molecule has 1 aliphatic rings. The van der Waals surface area contributed by atoms with Crippen LogP contribution in [0.4, 0.5) is 0 Å². The van der Waals surface area contributed by atoms with Gasteiger partial charge in [0.05, 0.1) is 7.11 Å². The minimum absolute atomic E-state index is 0. The Hall–Kier alpha value is -0.0300. The Balaban J connectivity index is 0. The molecule has 0 unspecified atom stereocenters. The number of halogens is 2. The van der Waals surface area contributed by atoms with E-state index in [1.54, 1.807) is 0 Å². The summed E-state index contributed by atoms with van der Waals surface area (Å²) in [6.07, 6.45) is 1.94. The van der Waals surface area contributed by atoms with Gasteiger partial charge in [0.1, 0.15) is 6.04 Å². The summed E-state index contributed by atoms with van der Waals surface area (Å²) in [4.78, 5) is 13.4. The maximum absolute atomic E-state index is 11.2. The van der Waals surface area contributed by atoms with Crippen LogP contribution in [0.2, 0.25) is 0 Å². The minimum atomic E-state index is -0.147. The van der Waals surface area contributed by atoms with Crippen LogP contribution in [0, 0.1) is 0 Å². The van der Waals surface area contributed by atoms with Gasteiger partial charge in [-0.3, -0.25) is 4.79 Å². The fraction of sp³-hybridized carbons (Fsp3) is 0.889. The minimum Gasteiger partial charge on any atom is -0.468 e. The molecule has 0 aromatic carbocycles. The van der Waals surface area contributed by atoms with E-state index >= 15 is 0 Å². The zero-order chi connectivity index (χ0) is 9.84. The normalized spacial score (nSPS) is 25.1. The summed E-state index contributed by atoms with van der Waals surface area (Å²) in [5, 5.41) is 3.15. The third kappa shape index (κ3) is 5.02. The Morgan fingerprint density at radius 1 is 1.40 bits per heavy atom. The van der Waals surface area contributed by atoms with E-state index in [1.165, 1.54) is 7.11 Å². The lowest BCUT2D eigenvalue weighted by Crippen LogP contribution is -2.49. The van der Waals surface area contributed by atoms with Crippen molar-refractivity contribution in [3.05, 3.63) is 0 Å². The van der Waals surface area contributed by atoms with Crippen LogP contribution in [0.25, 0.3) is 0 Å². The SMILES string of the molecule is COC(=O)[C@@H]1C[C@H](N(C)C)CCN1.Cl.Cl. The van der Waals surface area contributed by atoms with Crippen LogP contribution in [0.1, 0.15) is 12.8 Å². The van der Waals surface area contributed by atoms with Gasteiger partial charge in [-0.15, -0.1) is 24.8 Å². The van der Waals surface area contributed by atoms with Crippen LogP contribution in [0.5, 0.6) is 0 Å². The van der Waals surface area contributed by atoms with Crippen LogP contribution in [-0.4, -0.2) is 50.7 Å². The molecule has 0 amide bonds. The molecule has 2 atom stereocenters. The molecule has 1 heterocycles. The van der Waals surface area contributed by atoms with Gasteiger partial charge in [-0.1, -0.05) is 0 Å². The quantitative estimate of drug-likeness (QED) is 0.741. The standard InChI is InChI=1S/C9H18N2O2.2ClH/c1-11(2)7-4-5-10-8(6-7)9(12)13-3;;/h7-8,10H,4-6H2,1-3H3;2*1H/t7-,8+;;/m1../s1. The average molecular weight is 259 g/mol. The van der Waals surface area contributed by atoms with E-state index in [2.05, 4.69) is 10.2 Å². The molecule has 1 N–H and O–H groups in total. The summed E-state index contributed by atoms with van der Waals surface area (Å²) in [7, 11) is 5.53. The molecular weight excluding hydrogens is 239 g/mol. The number of nitrogens with one attached hydrogen (secondary N) is 1. The molecule has 4 nitrogen and oxygen atoms in total. The second-order valence-electron chi connectivity index (χ2n) is 3.67. The molecule has 15 heavy (non-hydrogen) atoms. The number of carbonyl (C=O) groups is 1. The molecule has 0 aliphatic carbocycles. The van der Waals surface area contributed by atoms with E-state index in [9.17, 15) is 4.79 Å². The third-order valence-corrected chi connectivity index (χ3v) is 2.59. The molecule has 0 saturated carbocycles. The monoisotopic (exact) mass is 258 g/mol. The molecule has 0 aromatic rings. The highest BCUT2D eigenvalue weighted by molar-refractivity contribution is 5.85. The molecule has 0 aromatic heterocycles. The lowest BCUT2D eigenvalue weighted by Gasteiger charge is -2.32. The second-order valence-corrected chi connectivity index (χ2v) is 3.67. The summed E-state index contributed by atoms with van der Waals surface area (Å²) in [6.45, 7) is 0.891. The van der Waals surface area contributed by atoms with Crippen LogP contribution in [0.15, 0.2) is 0 Å². The van der Waals surface area contributed by atoms with E-state index in [-0.39, 0.29) is 36.8 Å². The molecule has 1 saturated heterocycles. The molecule has 0 spiro atoms. The van der Waals surface area contributed by atoms with Crippen molar-refractivity contribution in [3.8, 4) is 0 Å². The van der Waals surface area contributed by atoms with Crippen molar-refractivity contribution < 1.29 is 9.53 Å². The smallest absolute Gasteiger partial charge is 0.322 e. The van der Waals surface area contributed by atoms with E-state index < -0.39 is 0 Å². The lowest BCUT2D eigenvalue weighted by atomic mass is 9.99. The van der Waals surface area contributed by atoms with Gasteiger partial charge in [0.2, 0.25) is 0 Å². The van der Waals surface area contributed by atoms with Gasteiger partial charge < -0.3 is 15.0 Å². The number of hydrogen-bond acceptors (Lipinski definition) is 4. The summed E-state index contributed by atoms with van der Waals surface area (Å²) in [5.41, 5.74) is 0. The predicted molar refractivity (Wildman–Crippen MR) is 65.0 cm³/mol. The molecule has 92 valence electrons. The number of hydrogen-bond donors (Lipinski definition) is 1. The zero-order valence-corrected chi connectivity index (χ0v) is 11.0. The van der Waals surface area contributed by atoms with Crippen LogP contribution in [-0.2, 0) is 9.53 Å².